The average Bonchev–Trinajstić information content (AvgIpc) is 3.61. The maximum Gasteiger partial charge on any atom is 0.458 e. The van der Waals surface area contributed by atoms with Gasteiger partial charge in [0.1, 0.15) is 12.0 Å². The van der Waals surface area contributed by atoms with E-state index in [0.717, 1.165) is 38.5 Å². The zero-order valence-corrected chi connectivity index (χ0v) is 31.4. The van der Waals surface area contributed by atoms with E-state index in [9.17, 15) is 18.9 Å². The van der Waals surface area contributed by atoms with Crippen molar-refractivity contribution in [2.24, 2.45) is 0 Å². The number of ether oxygens (including phenoxy) is 1. The number of nitrogens with one attached hydrogen (secondary N) is 3. The summed E-state index contributed by atoms with van der Waals surface area (Å²) in [5.74, 6) is 0.249. The lowest BCUT2D eigenvalue weighted by Crippen LogP contribution is -2.33. The normalized spacial score (nSPS) is 17.8. The fourth-order valence-corrected chi connectivity index (χ4v) is 6.41. The fraction of sp³-hybridized carbons (Fsp3) is 0.425. The van der Waals surface area contributed by atoms with Crippen LogP contribution in [0, 0.1) is 6.92 Å². The topological polar surface area (TPSA) is 141 Å². The van der Waals surface area contributed by atoms with E-state index >= 15 is 0 Å². The highest BCUT2D eigenvalue weighted by atomic mass is 31.2. The molecule has 1 aromatic heterocycles. The third-order valence-corrected chi connectivity index (χ3v) is 9.38. The Morgan fingerprint density at radius 1 is 0.885 bits per heavy atom. The minimum Gasteiger partial charge on any atom is -0.413 e. The molecule has 282 valence electrons. The van der Waals surface area contributed by atoms with Gasteiger partial charge in [-0.3, -0.25) is 23.7 Å². The van der Waals surface area contributed by atoms with E-state index < -0.39 is 31.3 Å². The van der Waals surface area contributed by atoms with Gasteiger partial charge in [0, 0.05) is 31.3 Å². The van der Waals surface area contributed by atoms with E-state index in [-0.39, 0.29) is 25.6 Å². The number of aromatic amines is 1. The summed E-state index contributed by atoms with van der Waals surface area (Å²) in [4.78, 5) is 38.7. The van der Waals surface area contributed by atoms with Crippen molar-refractivity contribution in [1.29, 1.82) is 0 Å². The first-order valence-electron chi connectivity index (χ1n) is 18.2. The molecular weight excluding hydrogens is 679 g/mol. The highest BCUT2D eigenvalue weighted by Crippen LogP contribution is 2.45. The number of benzene rings is 1. The van der Waals surface area contributed by atoms with E-state index in [2.05, 4.69) is 83.1 Å². The van der Waals surface area contributed by atoms with Crippen LogP contribution in [-0.4, -0.2) is 41.3 Å². The van der Waals surface area contributed by atoms with Crippen LogP contribution in [0.25, 0.3) is 0 Å². The molecule has 0 radical (unpaired) electrons. The molecule has 0 saturated carbocycles. The van der Waals surface area contributed by atoms with Crippen molar-refractivity contribution in [1.82, 2.24) is 20.0 Å². The lowest BCUT2D eigenvalue weighted by molar-refractivity contribution is -0.120. The van der Waals surface area contributed by atoms with Gasteiger partial charge in [-0.2, -0.15) is 0 Å². The molecule has 3 rings (SSSR count). The molecule has 2 heterocycles. The van der Waals surface area contributed by atoms with Gasteiger partial charge in [0.25, 0.3) is 5.56 Å². The molecule has 52 heavy (non-hydrogen) atoms. The maximum atomic E-state index is 13.7. The van der Waals surface area contributed by atoms with Crippen molar-refractivity contribution >= 4 is 13.7 Å². The molecule has 12 heteroatoms. The average molecular weight is 735 g/mol. The number of amides is 1. The van der Waals surface area contributed by atoms with Gasteiger partial charge in [0.05, 0.1) is 12.7 Å². The van der Waals surface area contributed by atoms with Crippen molar-refractivity contribution < 1.29 is 23.1 Å². The molecule has 3 N–H and O–H groups in total. The van der Waals surface area contributed by atoms with Crippen LogP contribution in [0.1, 0.15) is 82.9 Å². The Morgan fingerprint density at radius 2 is 1.48 bits per heavy atom. The molecule has 1 aliphatic heterocycles. The van der Waals surface area contributed by atoms with Crippen LogP contribution in [0.4, 0.5) is 0 Å². The fourth-order valence-electron chi connectivity index (χ4n) is 5.06. The molecule has 1 fully saturated rings. The number of carbonyl (C=O) groups is 1. The summed E-state index contributed by atoms with van der Waals surface area (Å²) >= 11 is 0. The number of aromatic nitrogens is 2. The predicted molar refractivity (Wildman–Crippen MR) is 208 cm³/mol. The SMILES string of the molecule is CC/C=C\C/C=C\C/C=C\C/C=C\C/C=C\C/C=C\CCC(=O)NCCNP(=O)(OCC1CCC(n2cc(C)c(=O)[nH]c2=O)O1)Oc1ccccc1. The van der Waals surface area contributed by atoms with Crippen molar-refractivity contribution in [2.45, 2.75) is 90.4 Å². The highest BCUT2D eigenvalue weighted by molar-refractivity contribution is 7.52. The Labute approximate surface area is 307 Å². The van der Waals surface area contributed by atoms with Crippen LogP contribution in [0.5, 0.6) is 5.75 Å². The van der Waals surface area contributed by atoms with Crippen molar-refractivity contribution in [3.8, 4) is 5.75 Å². The van der Waals surface area contributed by atoms with Crippen molar-refractivity contribution in [3.05, 3.63) is 136 Å². The largest absolute Gasteiger partial charge is 0.458 e. The van der Waals surface area contributed by atoms with Gasteiger partial charge in [-0.05, 0) is 76.8 Å². The number of hydrogen-bond acceptors (Lipinski definition) is 7. The zero-order valence-electron chi connectivity index (χ0n) is 30.5. The molecule has 0 aliphatic carbocycles. The van der Waals surface area contributed by atoms with Gasteiger partial charge in [0.2, 0.25) is 5.91 Å². The quantitative estimate of drug-likeness (QED) is 0.0562. The van der Waals surface area contributed by atoms with Gasteiger partial charge < -0.3 is 14.6 Å². The van der Waals surface area contributed by atoms with Crippen LogP contribution in [0.15, 0.2) is 119 Å². The van der Waals surface area contributed by atoms with Gasteiger partial charge in [-0.1, -0.05) is 98.0 Å². The summed E-state index contributed by atoms with van der Waals surface area (Å²) in [7, 11) is -3.85. The van der Waals surface area contributed by atoms with E-state index in [1.54, 1.807) is 31.2 Å². The first-order chi connectivity index (χ1) is 25.3. The van der Waals surface area contributed by atoms with Crippen LogP contribution >= 0.6 is 7.75 Å². The van der Waals surface area contributed by atoms with E-state index in [0.29, 0.717) is 37.0 Å². The van der Waals surface area contributed by atoms with Crippen LogP contribution in [-0.2, 0) is 18.6 Å². The van der Waals surface area contributed by atoms with E-state index in [4.69, 9.17) is 13.8 Å². The molecule has 1 saturated heterocycles. The second kappa shape index (κ2) is 24.8. The second-order valence-corrected chi connectivity index (χ2v) is 13.9. The third-order valence-electron chi connectivity index (χ3n) is 7.83. The molecule has 2 aromatic rings. The highest BCUT2D eigenvalue weighted by Gasteiger charge is 2.32. The lowest BCUT2D eigenvalue weighted by Gasteiger charge is -2.22. The van der Waals surface area contributed by atoms with E-state index in [1.165, 1.54) is 10.8 Å². The standard InChI is InChI=1S/C40H55N4O7P/c1-3-4-5-6-7-8-9-10-11-12-13-14-15-16-17-18-19-20-24-27-37(45)41-30-31-42-52(48,51-35-25-22-21-23-26-35)49-33-36-28-29-38(50-36)44-32-34(2)39(46)43-40(44)47/h4-5,7-8,10-11,13-14,16-17,19-23,25-26,32,36,38H,3,6,9,12,15,18,24,27-31,33H2,1-2H3,(H,41,45)(H,42,48)(H,43,46,47)/b5-4-,8-7-,11-10-,14-13-,17-16-,20-19-. The second-order valence-electron chi connectivity index (χ2n) is 12.2. The molecule has 3 atom stereocenters. The van der Waals surface area contributed by atoms with Crippen molar-refractivity contribution in [3.63, 3.8) is 0 Å². The first kappa shape index (κ1) is 42.1. The Hall–Kier alpha value is -4.28. The third kappa shape index (κ3) is 17.3. The minimum absolute atomic E-state index is 0.0526. The lowest BCUT2D eigenvalue weighted by atomic mass is 10.2. The molecule has 0 bridgehead atoms. The van der Waals surface area contributed by atoms with Gasteiger partial charge in [-0.25, -0.2) is 14.4 Å². The van der Waals surface area contributed by atoms with Crippen LogP contribution in [0.2, 0.25) is 0 Å². The smallest absolute Gasteiger partial charge is 0.413 e. The van der Waals surface area contributed by atoms with E-state index in [1.807, 2.05) is 18.2 Å². The minimum atomic E-state index is -3.85. The summed E-state index contributed by atoms with van der Waals surface area (Å²) in [5, 5.41) is 5.66. The Bertz CT molecular complexity index is 1690. The summed E-state index contributed by atoms with van der Waals surface area (Å²) < 4.78 is 32.5. The molecule has 1 aromatic carbocycles. The number of allylic oxidation sites excluding steroid dienone is 12. The number of carbonyl (C=O) groups excluding carboxylic acids is 1. The van der Waals surface area contributed by atoms with Gasteiger partial charge >= 0.3 is 13.4 Å². The number of nitrogens with zero attached hydrogens (tertiary/aromatic N) is 1. The number of hydrogen-bond donors (Lipinski definition) is 3. The first-order valence-corrected chi connectivity index (χ1v) is 19.7. The van der Waals surface area contributed by atoms with Gasteiger partial charge in [-0.15, -0.1) is 0 Å². The summed E-state index contributed by atoms with van der Waals surface area (Å²) in [5.41, 5.74) is -0.597. The van der Waals surface area contributed by atoms with Crippen molar-refractivity contribution in [2.75, 3.05) is 19.7 Å². The summed E-state index contributed by atoms with van der Waals surface area (Å²) in [6.45, 7) is 4.08. The van der Waals surface area contributed by atoms with Gasteiger partial charge in [0.15, 0.2) is 0 Å². The molecule has 1 amide bonds. The molecule has 0 spiro atoms. The summed E-state index contributed by atoms with van der Waals surface area (Å²) in [6, 6.07) is 8.66. The predicted octanol–water partition coefficient (Wildman–Crippen LogP) is 7.91. The number of rotatable bonds is 24. The Kier molecular flexibility index (Phi) is 20.1. The molecule has 1 aliphatic rings. The maximum absolute atomic E-state index is 13.7. The van der Waals surface area contributed by atoms with Crippen LogP contribution in [0.3, 0.4) is 0 Å². The number of H-pyrrole nitrogens is 1. The number of para-hydroxylation sites is 1. The zero-order chi connectivity index (χ0) is 37.3. The molecule has 11 nitrogen and oxygen atoms in total. The molecular formula is C40H55N4O7P. The Morgan fingerprint density at radius 3 is 2.10 bits per heavy atom. The molecule has 3 unspecified atom stereocenters. The number of aryl methyl sites for hydroxylation is 1. The monoisotopic (exact) mass is 734 g/mol. The van der Waals surface area contributed by atoms with Crippen LogP contribution < -0.4 is 26.2 Å². The Balaban J connectivity index is 1.30. The summed E-state index contributed by atoms with van der Waals surface area (Å²) in [6.07, 6.45) is 33.9.